The molecule has 0 unspecified atom stereocenters. The van der Waals surface area contributed by atoms with Crippen LogP contribution in [0.1, 0.15) is 10.4 Å². The smallest absolute Gasteiger partial charge is 0.261 e. The molecule has 0 spiro atoms. The van der Waals surface area contributed by atoms with Gasteiger partial charge in [0, 0.05) is 5.56 Å². The molecule has 3 rings (SSSR count). The maximum atomic E-state index is 12.4. The predicted molar refractivity (Wildman–Crippen MR) is 83.3 cm³/mol. The largest absolute Gasteiger partial charge is 0.497 e. The second-order valence-corrected chi connectivity index (χ2v) is 4.85. The molecule has 5 heteroatoms. The van der Waals surface area contributed by atoms with Crippen LogP contribution in [-0.4, -0.2) is 22.4 Å². The van der Waals surface area contributed by atoms with Gasteiger partial charge < -0.3 is 4.74 Å². The Morgan fingerprint density at radius 1 is 1.18 bits per heavy atom. The number of Topliss-reactive ketones (excluding diaryl/α,β-unsaturated/α-hetero) is 1. The first-order chi connectivity index (χ1) is 10.7. The van der Waals surface area contributed by atoms with E-state index < -0.39 is 0 Å². The van der Waals surface area contributed by atoms with Gasteiger partial charge in [-0.2, -0.15) is 0 Å². The number of fused-ring (bicyclic) bond motifs is 1. The summed E-state index contributed by atoms with van der Waals surface area (Å²) >= 11 is 0. The zero-order valence-electron chi connectivity index (χ0n) is 12.0. The number of carbonyl (C=O) groups is 1. The average molecular weight is 294 g/mol. The van der Waals surface area contributed by atoms with Crippen molar-refractivity contribution < 1.29 is 9.53 Å². The molecular formula is C17H14N2O3. The number of benzene rings is 2. The number of rotatable bonds is 4. The van der Waals surface area contributed by atoms with Crippen molar-refractivity contribution in [1.82, 2.24) is 9.55 Å². The molecule has 0 aliphatic heterocycles. The van der Waals surface area contributed by atoms with Crippen molar-refractivity contribution in [2.75, 3.05) is 7.11 Å². The Morgan fingerprint density at radius 3 is 2.82 bits per heavy atom. The minimum atomic E-state index is -0.221. The summed E-state index contributed by atoms with van der Waals surface area (Å²) in [6.07, 6.45) is 1.41. The van der Waals surface area contributed by atoms with Crippen LogP contribution in [0.15, 0.2) is 59.7 Å². The van der Waals surface area contributed by atoms with Crippen molar-refractivity contribution in [3.8, 4) is 5.75 Å². The molecule has 0 atom stereocenters. The lowest BCUT2D eigenvalue weighted by molar-refractivity contribution is 0.0970. The highest BCUT2D eigenvalue weighted by atomic mass is 16.5. The van der Waals surface area contributed by atoms with Crippen LogP contribution in [0.2, 0.25) is 0 Å². The first-order valence-electron chi connectivity index (χ1n) is 6.80. The van der Waals surface area contributed by atoms with Crippen LogP contribution < -0.4 is 10.3 Å². The molecule has 1 aromatic heterocycles. The van der Waals surface area contributed by atoms with E-state index in [4.69, 9.17) is 4.74 Å². The van der Waals surface area contributed by atoms with E-state index in [9.17, 15) is 9.59 Å². The zero-order valence-corrected chi connectivity index (χ0v) is 12.0. The lowest BCUT2D eigenvalue weighted by Gasteiger charge is -2.07. The third-order valence-electron chi connectivity index (χ3n) is 3.44. The number of nitrogens with zero attached hydrogens (tertiary/aromatic N) is 2. The van der Waals surface area contributed by atoms with Crippen molar-refractivity contribution in [2.45, 2.75) is 6.54 Å². The van der Waals surface area contributed by atoms with Gasteiger partial charge in [0.25, 0.3) is 5.56 Å². The van der Waals surface area contributed by atoms with Gasteiger partial charge in [-0.3, -0.25) is 14.2 Å². The number of carbonyl (C=O) groups excluding carboxylic acids is 1. The number of para-hydroxylation sites is 1. The second kappa shape index (κ2) is 5.81. The van der Waals surface area contributed by atoms with Crippen LogP contribution >= 0.6 is 0 Å². The van der Waals surface area contributed by atoms with Crippen molar-refractivity contribution in [3.63, 3.8) is 0 Å². The Hall–Kier alpha value is -2.95. The zero-order chi connectivity index (χ0) is 15.5. The van der Waals surface area contributed by atoms with E-state index in [0.717, 1.165) is 0 Å². The molecule has 0 aliphatic carbocycles. The highest BCUT2D eigenvalue weighted by Gasteiger charge is 2.10. The molecule has 22 heavy (non-hydrogen) atoms. The monoisotopic (exact) mass is 294 g/mol. The van der Waals surface area contributed by atoms with E-state index in [2.05, 4.69) is 4.98 Å². The predicted octanol–water partition coefficient (Wildman–Crippen LogP) is 2.29. The number of hydrogen-bond donors (Lipinski definition) is 0. The van der Waals surface area contributed by atoms with Gasteiger partial charge in [-0.1, -0.05) is 24.3 Å². The number of methoxy groups -OCH3 is 1. The van der Waals surface area contributed by atoms with Gasteiger partial charge >= 0.3 is 0 Å². The van der Waals surface area contributed by atoms with E-state index in [1.54, 1.807) is 49.6 Å². The molecule has 0 amide bonds. The molecule has 5 nitrogen and oxygen atoms in total. The van der Waals surface area contributed by atoms with Crippen LogP contribution in [0.25, 0.3) is 10.9 Å². The lowest BCUT2D eigenvalue weighted by Crippen LogP contribution is -2.24. The van der Waals surface area contributed by atoms with Crippen LogP contribution in [0.3, 0.4) is 0 Å². The molecular weight excluding hydrogens is 280 g/mol. The molecule has 3 aromatic rings. The molecule has 0 radical (unpaired) electrons. The van der Waals surface area contributed by atoms with Gasteiger partial charge in [-0.25, -0.2) is 4.98 Å². The first-order valence-corrected chi connectivity index (χ1v) is 6.80. The molecule has 110 valence electrons. The Labute approximate surface area is 126 Å². The minimum absolute atomic E-state index is 0.0518. The van der Waals surface area contributed by atoms with Crippen molar-refractivity contribution in [1.29, 1.82) is 0 Å². The summed E-state index contributed by atoms with van der Waals surface area (Å²) in [4.78, 5) is 28.9. The SMILES string of the molecule is COc1cccc(C(=O)Cn2cnc3ccccc3c2=O)c1. The fraction of sp³-hybridized carbons (Fsp3) is 0.118. The fourth-order valence-corrected chi connectivity index (χ4v) is 2.26. The summed E-state index contributed by atoms with van der Waals surface area (Å²) in [7, 11) is 1.54. The second-order valence-electron chi connectivity index (χ2n) is 4.85. The maximum absolute atomic E-state index is 12.4. The topological polar surface area (TPSA) is 61.2 Å². The summed E-state index contributed by atoms with van der Waals surface area (Å²) in [5.41, 5.74) is 0.902. The third kappa shape index (κ3) is 2.61. The van der Waals surface area contributed by atoms with Crippen LogP contribution in [0.5, 0.6) is 5.75 Å². The van der Waals surface area contributed by atoms with Crippen LogP contribution in [0, 0.1) is 0 Å². The normalized spacial score (nSPS) is 10.6. The quantitative estimate of drug-likeness (QED) is 0.693. The molecule has 0 aliphatic rings. The Morgan fingerprint density at radius 2 is 2.00 bits per heavy atom. The van der Waals surface area contributed by atoms with Crippen LogP contribution in [0.4, 0.5) is 0 Å². The van der Waals surface area contributed by atoms with E-state index in [1.165, 1.54) is 10.9 Å². The van der Waals surface area contributed by atoms with Gasteiger partial charge in [0.1, 0.15) is 5.75 Å². The summed E-state index contributed by atoms with van der Waals surface area (Å²) in [6.45, 7) is -0.0518. The van der Waals surface area contributed by atoms with Gasteiger partial charge in [0.2, 0.25) is 0 Å². The minimum Gasteiger partial charge on any atom is -0.497 e. The van der Waals surface area contributed by atoms with E-state index >= 15 is 0 Å². The van der Waals surface area contributed by atoms with Gasteiger partial charge in [0.15, 0.2) is 5.78 Å². The van der Waals surface area contributed by atoms with Crippen molar-refractivity contribution >= 4 is 16.7 Å². The summed E-state index contributed by atoms with van der Waals surface area (Å²) < 4.78 is 6.43. The Balaban J connectivity index is 1.94. The van der Waals surface area contributed by atoms with Crippen molar-refractivity contribution in [2.24, 2.45) is 0 Å². The Bertz CT molecular complexity index is 900. The molecule has 1 heterocycles. The molecule has 0 saturated heterocycles. The van der Waals surface area contributed by atoms with Gasteiger partial charge in [-0.05, 0) is 24.3 Å². The molecule has 2 aromatic carbocycles. The van der Waals surface area contributed by atoms with E-state index in [0.29, 0.717) is 22.2 Å². The standard InChI is InChI=1S/C17H14N2O3/c1-22-13-6-4-5-12(9-13)16(20)10-19-11-18-15-8-3-2-7-14(15)17(19)21/h2-9,11H,10H2,1H3. The van der Waals surface area contributed by atoms with Gasteiger partial charge in [-0.15, -0.1) is 0 Å². The van der Waals surface area contributed by atoms with E-state index in [-0.39, 0.29) is 17.9 Å². The number of aromatic nitrogens is 2. The number of hydrogen-bond acceptors (Lipinski definition) is 4. The lowest BCUT2D eigenvalue weighted by atomic mass is 10.1. The molecule has 0 fully saturated rings. The third-order valence-corrected chi connectivity index (χ3v) is 3.44. The van der Waals surface area contributed by atoms with E-state index in [1.807, 2.05) is 6.07 Å². The molecule has 0 saturated carbocycles. The first kappa shape index (κ1) is 14.0. The van der Waals surface area contributed by atoms with Crippen molar-refractivity contribution in [3.05, 3.63) is 70.8 Å². The molecule has 0 N–H and O–H groups in total. The van der Waals surface area contributed by atoms with Crippen LogP contribution in [-0.2, 0) is 6.54 Å². The summed E-state index contributed by atoms with van der Waals surface area (Å²) in [5, 5.41) is 0.503. The summed E-state index contributed by atoms with van der Waals surface area (Å²) in [5.74, 6) is 0.438. The molecule has 0 bridgehead atoms. The number of ketones is 1. The average Bonchev–Trinajstić information content (AvgIpc) is 2.57. The Kier molecular flexibility index (Phi) is 3.70. The fourth-order valence-electron chi connectivity index (χ4n) is 2.26. The summed E-state index contributed by atoms with van der Waals surface area (Å²) in [6, 6.07) is 13.9. The highest BCUT2D eigenvalue weighted by molar-refractivity contribution is 5.96. The number of ether oxygens (including phenoxy) is 1. The van der Waals surface area contributed by atoms with Gasteiger partial charge in [0.05, 0.1) is 30.9 Å². The maximum Gasteiger partial charge on any atom is 0.261 e. The highest BCUT2D eigenvalue weighted by Crippen LogP contribution is 2.13.